The van der Waals surface area contributed by atoms with E-state index in [9.17, 15) is 4.79 Å². The molecule has 3 aromatic rings. The van der Waals surface area contributed by atoms with Crippen molar-refractivity contribution < 1.29 is 9.53 Å². The topological polar surface area (TPSA) is 50.6 Å². The third-order valence-corrected chi connectivity index (χ3v) is 5.18. The zero-order chi connectivity index (χ0) is 19.5. The number of aromatic nitrogens is 2. The Labute approximate surface area is 165 Å². The molecule has 0 atom stereocenters. The fraction of sp³-hybridized carbons (Fsp3) is 0.273. The lowest BCUT2D eigenvalue weighted by Crippen LogP contribution is -2.49. The van der Waals surface area contributed by atoms with Gasteiger partial charge in [-0.2, -0.15) is 0 Å². The maximum atomic E-state index is 12.8. The third-order valence-electron chi connectivity index (χ3n) is 5.18. The van der Waals surface area contributed by atoms with Crippen molar-refractivity contribution in [2.75, 3.05) is 38.2 Å². The number of piperazine rings is 1. The Hall–Kier alpha value is -3.28. The van der Waals surface area contributed by atoms with E-state index >= 15 is 0 Å². The number of aryl methyl sites for hydroxylation is 1. The number of carbonyl (C=O) groups is 1. The summed E-state index contributed by atoms with van der Waals surface area (Å²) in [6.07, 6.45) is 3.76. The van der Waals surface area contributed by atoms with Gasteiger partial charge in [-0.1, -0.05) is 24.3 Å². The van der Waals surface area contributed by atoms with Crippen molar-refractivity contribution in [3.63, 3.8) is 0 Å². The first-order chi connectivity index (χ1) is 13.7. The highest BCUT2D eigenvalue weighted by Gasteiger charge is 2.25. The van der Waals surface area contributed by atoms with Crippen LogP contribution in [0, 0.1) is 6.92 Å². The van der Waals surface area contributed by atoms with Gasteiger partial charge in [0.05, 0.1) is 12.8 Å². The standard InChI is InChI=1S/C22H24N4O2/c1-17-6-3-4-9-20(17)21(27)24-12-14-25(15-13-24)22-23-10-11-26(22)18-7-5-8-19(16-18)28-2/h3-11,16H,12-15H2,1-2H3. The first kappa shape index (κ1) is 18.1. The van der Waals surface area contributed by atoms with Crippen LogP contribution < -0.4 is 9.64 Å². The van der Waals surface area contributed by atoms with Crippen molar-refractivity contribution in [3.8, 4) is 11.4 Å². The molecule has 0 N–H and O–H groups in total. The average molecular weight is 376 g/mol. The number of nitrogens with zero attached hydrogens (tertiary/aromatic N) is 4. The molecule has 4 rings (SSSR count). The van der Waals surface area contributed by atoms with Gasteiger partial charge in [0.15, 0.2) is 0 Å². The fourth-order valence-corrected chi connectivity index (χ4v) is 3.58. The molecule has 1 aromatic heterocycles. The van der Waals surface area contributed by atoms with E-state index in [1.54, 1.807) is 13.3 Å². The zero-order valence-corrected chi connectivity index (χ0v) is 16.2. The number of amides is 1. The molecule has 6 heteroatoms. The van der Waals surface area contributed by atoms with Crippen molar-refractivity contribution in [2.45, 2.75) is 6.92 Å². The van der Waals surface area contributed by atoms with E-state index < -0.39 is 0 Å². The molecule has 0 aliphatic carbocycles. The number of methoxy groups -OCH3 is 1. The molecule has 2 aromatic carbocycles. The summed E-state index contributed by atoms with van der Waals surface area (Å²) >= 11 is 0. The molecule has 0 saturated carbocycles. The minimum absolute atomic E-state index is 0.105. The monoisotopic (exact) mass is 376 g/mol. The lowest BCUT2D eigenvalue weighted by Gasteiger charge is -2.35. The molecule has 0 radical (unpaired) electrons. The Morgan fingerprint density at radius 2 is 1.82 bits per heavy atom. The Morgan fingerprint density at radius 3 is 2.57 bits per heavy atom. The van der Waals surface area contributed by atoms with E-state index in [4.69, 9.17) is 4.74 Å². The number of hydrogen-bond acceptors (Lipinski definition) is 4. The van der Waals surface area contributed by atoms with Crippen LogP contribution in [0.3, 0.4) is 0 Å². The molecule has 144 valence electrons. The van der Waals surface area contributed by atoms with Crippen LogP contribution in [0.15, 0.2) is 60.9 Å². The van der Waals surface area contributed by atoms with E-state index in [1.807, 2.05) is 66.6 Å². The van der Waals surface area contributed by atoms with Crippen molar-refractivity contribution in [2.24, 2.45) is 0 Å². The molecule has 1 aliphatic heterocycles. The fourth-order valence-electron chi connectivity index (χ4n) is 3.58. The second kappa shape index (κ2) is 7.76. The number of carbonyl (C=O) groups excluding carboxylic acids is 1. The zero-order valence-electron chi connectivity index (χ0n) is 16.2. The minimum Gasteiger partial charge on any atom is -0.497 e. The van der Waals surface area contributed by atoms with Crippen molar-refractivity contribution in [1.82, 2.24) is 14.5 Å². The smallest absolute Gasteiger partial charge is 0.254 e. The normalized spacial score (nSPS) is 14.2. The average Bonchev–Trinajstić information content (AvgIpc) is 3.24. The third kappa shape index (κ3) is 3.45. The van der Waals surface area contributed by atoms with Gasteiger partial charge < -0.3 is 14.5 Å². The SMILES string of the molecule is COc1cccc(-n2ccnc2N2CCN(C(=O)c3ccccc3C)CC2)c1. The van der Waals surface area contributed by atoms with Gasteiger partial charge >= 0.3 is 0 Å². The van der Waals surface area contributed by atoms with Crippen molar-refractivity contribution in [1.29, 1.82) is 0 Å². The summed E-state index contributed by atoms with van der Waals surface area (Å²) in [6, 6.07) is 15.7. The maximum Gasteiger partial charge on any atom is 0.254 e. The molecule has 6 nitrogen and oxygen atoms in total. The highest BCUT2D eigenvalue weighted by atomic mass is 16.5. The number of benzene rings is 2. The first-order valence-corrected chi connectivity index (χ1v) is 9.45. The van der Waals surface area contributed by atoms with Crippen molar-refractivity contribution >= 4 is 11.9 Å². The van der Waals surface area contributed by atoms with Crippen LogP contribution in [-0.2, 0) is 0 Å². The predicted octanol–water partition coefficient (Wildman–Crippen LogP) is 3.15. The molecular weight excluding hydrogens is 352 g/mol. The Balaban J connectivity index is 1.48. The van der Waals surface area contributed by atoms with E-state index in [-0.39, 0.29) is 5.91 Å². The number of rotatable bonds is 4. The highest BCUT2D eigenvalue weighted by molar-refractivity contribution is 5.95. The van der Waals surface area contributed by atoms with Crippen LogP contribution >= 0.6 is 0 Å². The van der Waals surface area contributed by atoms with Crippen molar-refractivity contribution in [3.05, 3.63) is 72.1 Å². The maximum absolute atomic E-state index is 12.8. The van der Waals surface area contributed by atoms with Gasteiger partial charge in [0.25, 0.3) is 5.91 Å². The summed E-state index contributed by atoms with van der Waals surface area (Å²) in [5.74, 6) is 1.80. The second-order valence-electron chi connectivity index (χ2n) is 6.89. The first-order valence-electron chi connectivity index (χ1n) is 9.45. The summed E-state index contributed by atoms with van der Waals surface area (Å²) in [4.78, 5) is 21.6. The van der Waals surface area contributed by atoms with Crippen LogP contribution in [0.4, 0.5) is 5.95 Å². The lowest BCUT2D eigenvalue weighted by molar-refractivity contribution is 0.0745. The van der Waals surface area contributed by atoms with Gasteiger partial charge in [0.2, 0.25) is 5.95 Å². The van der Waals surface area contributed by atoms with Crippen LogP contribution in [-0.4, -0.2) is 53.6 Å². The van der Waals surface area contributed by atoms with E-state index in [0.29, 0.717) is 13.1 Å². The summed E-state index contributed by atoms with van der Waals surface area (Å²) in [5.41, 5.74) is 2.81. The molecule has 0 spiro atoms. The molecule has 28 heavy (non-hydrogen) atoms. The minimum atomic E-state index is 0.105. The van der Waals surface area contributed by atoms with Gasteiger partial charge in [-0.05, 0) is 30.7 Å². The van der Waals surface area contributed by atoms with Crippen LogP contribution in [0.1, 0.15) is 15.9 Å². The molecule has 2 heterocycles. The Morgan fingerprint density at radius 1 is 1.04 bits per heavy atom. The van der Waals surface area contributed by atoms with Crippen LogP contribution in [0.2, 0.25) is 0 Å². The van der Waals surface area contributed by atoms with Gasteiger partial charge in [0, 0.05) is 50.2 Å². The van der Waals surface area contributed by atoms with Gasteiger partial charge in [-0.25, -0.2) is 4.98 Å². The lowest BCUT2D eigenvalue weighted by atomic mass is 10.1. The number of ether oxygens (including phenoxy) is 1. The molecule has 0 bridgehead atoms. The number of hydrogen-bond donors (Lipinski definition) is 0. The molecule has 1 fully saturated rings. The Bertz CT molecular complexity index is 974. The van der Waals surface area contributed by atoms with Gasteiger partial charge in [-0.3, -0.25) is 9.36 Å². The van der Waals surface area contributed by atoms with Gasteiger partial charge in [-0.15, -0.1) is 0 Å². The highest BCUT2D eigenvalue weighted by Crippen LogP contribution is 2.23. The second-order valence-corrected chi connectivity index (χ2v) is 6.89. The van der Waals surface area contributed by atoms with E-state index in [2.05, 4.69) is 14.5 Å². The van der Waals surface area contributed by atoms with Crippen LogP contribution in [0.5, 0.6) is 5.75 Å². The Kier molecular flexibility index (Phi) is 5.02. The summed E-state index contributed by atoms with van der Waals surface area (Å²) < 4.78 is 7.40. The summed E-state index contributed by atoms with van der Waals surface area (Å²) in [7, 11) is 1.67. The number of anilines is 1. The van der Waals surface area contributed by atoms with Gasteiger partial charge in [0.1, 0.15) is 5.75 Å². The van der Waals surface area contributed by atoms with E-state index in [0.717, 1.165) is 41.6 Å². The molecule has 1 saturated heterocycles. The predicted molar refractivity (Wildman–Crippen MR) is 109 cm³/mol. The quantitative estimate of drug-likeness (QED) is 0.702. The summed E-state index contributed by atoms with van der Waals surface area (Å²) in [6.45, 7) is 4.84. The molecular formula is C22H24N4O2. The van der Waals surface area contributed by atoms with E-state index in [1.165, 1.54) is 0 Å². The number of imidazole rings is 1. The van der Waals surface area contributed by atoms with Crippen LogP contribution in [0.25, 0.3) is 5.69 Å². The summed E-state index contributed by atoms with van der Waals surface area (Å²) in [5, 5.41) is 0. The molecule has 0 unspecified atom stereocenters. The molecule has 1 amide bonds. The largest absolute Gasteiger partial charge is 0.497 e. The molecule has 1 aliphatic rings.